The van der Waals surface area contributed by atoms with Crippen LogP contribution in [0.3, 0.4) is 0 Å². The second-order valence-electron chi connectivity index (χ2n) is 5.70. The van der Waals surface area contributed by atoms with Crippen molar-refractivity contribution in [1.29, 1.82) is 0 Å². The van der Waals surface area contributed by atoms with E-state index in [4.69, 9.17) is 0 Å². The van der Waals surface area contributed by atoms with Crippen LogP contribution in [-0.4, -0.2) is 0 Å². The first kappa shape index (κ1) is 12.2. The Hall–Kier alpha value is -0.850. The Balaban J connectivity index is 3.06. The van der Waals surface area contributed by atoms with E-state index in [1.807, 2.05) is 0 Å². The second-order valence-corrected chi connectivity index (χ2v) is 5.70. The van der Waals surface area contributed by atoms with Gasteiger partial charge in [-0.05, 0) is 41.0 Å². The molecule has 1 heteroatoms. The van der Waals surface area contributed by atoms with Crippen LogP contribution in [0.2, 0.25) is 0 Å². The SMILES string of the molecule is CC(C)Cc1cc(F)cc(C(C)(C)C)c1. The molecule has 0 radical (unpaired) electrons. The molecule has 0 aliphatic heterocycles. The first-order valence-electron chi connectivity index (χ1n) is 5.59. The first-order valence-corrected chi connectivity index (χ1v) is 5.59. The van der Waals surface area contributed by atoms with Gasteiger partial charge in [-0.1, -0.05) is 40.7 Å². The maximum absolute atomic E-state index is 13.4. The molecule has 0 aliphatic rings. The monoisotopic (exact) mass is 208 g/mol. The van der Waals surface area contributed by atoms with Crippen molar-refractivity contribution in [3.63, 3.8) is 0 Å². The van der Waals surface area contributed by atoms with E-state index in [9.17, 15) is 4.39 Å². The van der Waals surface area contributed by atoms with Crippen LogP contribution < -0.4 is 0 Å². The summed E-state index contributed by atoms with van der Waals surface area (Å²) in [6.45, 7) is 10.6. The highest BCUT2D eigenvalue weighted by Crippen LogP contribution is 2.25. The topological polar surface area (TPSA) is 0 Å². The molecule has 0 atom stereocenters. The third-order valence-corrected chi connectivity index (χ3v) is 2.47. The van der Waals surface area contributed by atoms with Gasteiger partial charge in [-0.3, -0.25) is 0 Å². The standard InChI is InChI=1S/C14H21F/c1-10(2)6-11-7-12(14(3,4)5)9-13(15)8-11/h7-10H,6H2,1-5H3. The predicted octanol–water partition coefficient (Wildman–Crippen LogP) is 4.32. The molecule has 0 N–H and O–H groups in total. The lowest BCUT2D eigenvalue weighted by molar-refractivity contribution is 0.565. The van der Waals surface area contributed by atoms with E-state index < -0.39 is 0 Å². The minimum Gasteiger partial charge on any atom is -0.207 e. The molecule has 0 unspecified atom stereocenters. The van der Waals surface area contributed by atoms with E-state index in [-0.39, 0.29) is 11.2 Å². The number of hydrogen-bond acceptors (Lipinski definition) is 0. The zero-order chi connectivity index (χ0) is 11.6. The first-order chi connectivity index (χ1) is 6.79. The van der Waals surface area contributed by atoms with Gasteiger partial charge in [0.05, 0.1) is 0 Å². The average Bonchev–Trinajstić information content (AvgIpc) is 1.99. The van der Waals surface area contributed by atoms with Crippen LogP contribution in [0.25, 0.3) is 0 Å². The van der Waals surface area contributed by atoms with Crippen molar-refractivity contribution in [3.05, 3.63) is 35.1 Å². The van der Waals surface area contributed by atoms with E-state index in [1.54, 1.807) is 12.1 Å². The summed E-state index contributed by atoms with van der Waals surface area (Å²) < 4.78 is 13.4. The molecule has 0 bridgehead atoms. The van der Waals surface area contributed by atoms with Crippen molar-refractivity contribution in [2.24, 2.45) is 5.92 Å². The molecule has 0 aliphatic carbocycles. The molecule has 0 heterocycles. The van der Waals surface area contributed by atoms with Crippen molar-refractivity contribution in [2.75, 3.05) is 0 Å². The maximum atomic E-state index is 13.4. The average molecular weight is 208 g/mol. The molecule has 0 fully saturated rings. The van der Waals surface area contributed by atoms with Gasteiger partial charge in [0.1, 0.15) is 5.82 Å². The lowest BCUT2D eigenvalue weighted by atomic mass is 9.85. The third-order valence-electron chi connectivity index (χ3n) is 2.47. The summed E-state index contributed by atoms with van der Waals surface area (Å²) in [6, 6.07) is 5.42. The summed E-state index contributed by atoms with van der Waals surface area (Å²) in [6.07, 6.45) is 0.945. The smallest absolute Gasteiger partial charge is 0.123 e. The summed E-state index contributed by atoms with van der Waals surface area (Å²) in [5.41, 5.74) is 2.21. The number of halogens is 1. The molecule has 0 spiro atoms. The molecule has 1 aromatic carbocycles. The van der Waals surface area contributed by atoms with Gasteiger partial charge < -0.3 is 0 Å². The molecule has 0 amide bonds. The summed E-state index contributed by atoms with van der Waals surface area (Å²) >= 11 is 0. The molecular weight excluding hydrogens is 187 g/mol. The van der Waals surface area contributed by atoms with Crippen LogP contribution in [0.15, 0.2) is 18.2 Å². The number of rotatable bonds is 2. The van der Waals surface area contributed by atoms with E-state index in [1.165, 1.54) is 0 Å². The van der Waals surface area contributed by atoms with E-state index >= 15 is 0 Å². The van der Waals surface area contributed by atoms with Crippen LogP contribution in [0.1, 0.15) is 45.7 Å². The van der Waals surface area contributed by atoms with Gasteiger partial charge in [0.2, 0.25) is 0 Å². The van der Waals surface area contributed by atoms with Gasteiger partial charge in [0, 0.05) is 0 Å². The van der Waals surface area contributed by atoms with Crippen molar-refractivity contribution in [2.45, 2.75) is 46.5 Å². The van der Waals surface area contributed by atoms with Crippen LogP contribution in [-0.2, 0) is 11.8 Å². The summed E-state index contributed by atoms with van der Waals surface area (Å²) in [5.74, 6) is 0.456. The van der Waals surface area contributed by atoms with Crippen molar-refractivity contribution < 1.29 is 4.39 Å². The Morgan fingerprint density at radius 3 is 2.20 bits per heavy atom. The lowest BCUT2D eigenvalue weighted by Crippen LogP contribution is -2.12. The van der Waals surface area contributed by atoms with Crippen molar-refractivity contribution in [3.8, 4) is 0 Å². The molecule has 0 nitrogen and oxygen atoms in total. The highest BCUT2D eigenvalue weighted by atomic mass is 19.1. The quantitative estimate of drug-likeness (QED) is 0.679. The van der Waals surface area contributed by atoms with Crippen molar-refractivity contribution in [1.82, 2.24) is 0 Å². The minimum absolute atomic E-state index is 0.0217. The molecule has 0 aromatic heterocycles. The summed E-state index contributed by atoms with van der Waals surface area (Å²) in [4.78, 5) is 0. The molecule has 1 aromatic rings. The second kappa shape index (κ2) is 4.34. The minimum atomic E-state index is -0.113. The van der Waals surface area contributed by atoms with E-state index in [0.29, 0.717) is 5.92 Å². The van der Waals surface area contributed by atoms with Crippen LogP contribution in [0, 0.1) is 11.7 Å². The van der Waals surface area contributed by atoms with E-state index in [2.05, 4.69) is 40.7 Å². The normalized spacial score (nSPS) is 12.2. The maximum Gasteiger partial charge on any atom is 0.123 e. The zero-order valence-electron chi connectivity index (χ0n) is 10.4. The van der Waals surface area contributed by atoms with Crippen LogP contribution in [0.4, 0.5) is 4.39 Å². The Labute approximate surface area is 92.5 Å². The Kier molecular flexibility index (Phi) is 3.54. The molecule has 0 saturated carbocycles. The van der Waals surface area contributed by atoms with Gasteiger partial charge in [-0.25, -0.2) is 4.39 Å². The highest BCUT2D eigenvalue weighted by Gasteiger charge is 2.15. The predicted molar refractivity (Wildman–Crippen MR) is 63.6 cm³/mol. The molecule has 1 rings (SSSR count). The van der Waals surface area contributed by atoms with Gasteiger partial charge in [-0.15, -0.1) is 0 Å². The lowest BCUT2D eigenvalue weighted by Gasteiger charge is -2.20. The fraction of sp³-hybridized carbons (Fsp3) is 0.571. The molecule has 15 heavy (non-hydrogen) atoms. The van der Waals surface area contributed by atoms with Crippen LogP contribution >= 0.6 is 0 Å². The Morgan fingerprint density at radius 2 is 1.73 bits per heavy atom. The van der Waals surface area contributed by atoms with Gasteiger partial charge >= 0.3 is 0 Å². The zero-order valence-corrected chi connectivity index (χ0v) is 10.4. The molecule has 0 saturated heterocycles. The number of hydrogen-bond donors (Lipinski definition) is 0. The van der Waals surface area contributed by atoms with Crippen molar-refractivity contribution >= 4 is 0 Å². The van der Waals surface area contributed by atoms with Gasteiger partial charge in [0.15, 0.2) is 0 Å². The summed E-state index contributed by atoms with van der Waals surface area (Å²) in [7, 11) is 0. The highest BCUT2D eigenvalue weighted by molar-refractivity contribution is 5.29. The summed E-state index contributed by atoms with van der Waals surface area (Å²) in [5, 5.41) is 0. The molecular formula is C14H21F. The number of benzene rings is 1. The fourth-order valence-corrected chi connectivity index (χ4v) is 1.67. The van der Waals surface area contributed by atoms with Gasteiger partial charge in [-0.2, -0.15) is 0 Å². The molecule has 84 valence electrons. The third kappa shape index (κ3) is 3.65. The van der Waals surface area contributed by atoms with Crippen LogP contribution in [0.5, 0.6) is 0 Å². The Bertz CT molecular complexity index is 332. The largest absolute Gasteiger partial charge is 0.207 e. The Morgan fingerprint density at radius 1 is 1.13 bits per heavy atom. The van der Waals surface area contributed by atoms with E-state index in [0.717, 1.165) is 17.5 Å². The van der Waals surface area contributed by atoms with Gasteiger partial charge in [0.25, 0.3) is 0 Å². The fourth-order valence-electron chi connectivity index (χ4n) is 1.67.